The monoisotopic (exact) mass is 601 g/mol. The molecular formula is C30H29BF3N8O2. The molecule has 225 valence electrons. The van der Waals surface area contributed by atoms with Crippen molar-refractivity contribution in [3.8, 4) is 17.2 Å². The summed E-state index contributed by atoms with van der Waals surface area (Å²) in [6, 6.07) is 16.2. The number of alkyl halides is 3. The van der Waals surface area contributed by atoms with Gasteiger partial charge in [0.05, 0.1) is 0 Å². The number of aromatic nitrogens is 5. The van der Waals surface area contributed by atoms with Crippen molar-refractivity contribution in [3.63, 3.8) is 0 Å². The summed E-state index contributed by atoms with van der Waals surface area (Å²) >= 11 is 0. The summed E-state index contributed by atoms with van der Waals surface area (Å²) in [7, 11) is 7.95. The zero-order valence-corrected chi connectivity index (χ0v) is 23.8. The number of likely N-dealkylation sites (tertiary alicyclic amines) is 1. The first kappa shape index (κ1) is 29.4. The molecule has 1 aliphatic rings. The second kappa shape index (κ2) is 12.1. The van der Waals surface area contributed by atoms with E-state index in [1.165, 1.54) is 6.33 Å². The van der Waals surface area contributed by atoms with Crippen LogP contribution in [0.5, 0.6) is 0 Å². The van der Waals surface area contributed by atoms with Crippen molar-refractivity contribution in [2.75, 3.05) is 25.5 Å². The van der Waals surface area contributed by atoms with Crippen molar-refractivity contribution >= 4 is 36.0 Å². The Bertz CT molecular complexity index is 1780. The number of para-hydroxylation sites is 1. The molecule has 0 spiro atoms. The first-order chi connectivity index (χ1) is 21.2. The summed E-state index contributed by atoms with van der Waals surface area (Å²) in [5.41, 5.74) is 2.23. The van der Waals surface area contributed by atoms with E-state index in [4.69, 9.17) is 12.0 Å². The standard InChI is InChI=1S/C30H29BF3N8O2/c1-40-11-10-22(19(13-31)15-40)37-23-8-5-9-25-21(23)12-26(42(25)17-30(32,33)34)28-38-27(44-39-28)14-35-29(43)24-16-41(18-36-24)20-6-3-2-4-7-20/h2-9,12-13,16,18-19,22,37H,10-11,14-15,17H2,1H3,(H,35,43)/t19-,22+/m0/s1. The SMILES string of the molecule is [B]=C[C@H]1CN(C)CC[C@H]1Nc1cccc2c1cc(-c1noc(CNC(=O)c3cn(-c4ccccc4)cn3)n1)n2CC(F)(F)F. The number of anilines is 1. The average Bonchev–Trinajstić information content (AvgIpc) is 3.76. The predicted octanol–water partition coefficient (Wildman–Crippen LogP) is 4.07. The van der Waals surface area contributed by atoms with E-state index in [-0.39, 0.29) is 41.6 Å². The first-order valence-corrected chi connectivity index (χ1v) is 14.1. The number of carbonyl (C=O) groups is 1. The van der Waals surface area contributed by atoms with Gasteiger partial charge in [-0.25, -0.2) is 4.98 Å². The summed E-state index contributed by atoms with van der Waals surface area (Å²) in [5.74, 6) is 1.28. The van der Waals surface area contributed by atoms with E-state index in [0.29, 0.717) is 16.6 Å². The van der Waals surface area contributed by atoms with Crippen LogP contribution >= 0.6 is 0 Å². The van der Waals surface area contributed by atoms with E-state index in [9.17, 15) is 18.0 Å². The van der Waals surface area contributed by atoms with Gasteiger partial charge in [0.15, 0.2) is 0 Å². The number of hydrogen-bond donors (Lipinski definition) is 2. The zero-order chi connectivity index (χ0) is 30.8. The molecule has 6 rings (SSSR count). The van der Waals surface area contributed by atoms with Crippen LogP contribution in [-0.2, 0) is 13.1 Å². The third kappa shape index (κ3) is 6.30. The van der Waals surface area contributed by atoms with Gasteiger partial charge < -0.3 is 9.88 Å². The molecule has 4 heterocycles. The number of nitrogens with zero attached hydrogens (tertiary/aromatic N) is 6. The molecule has 5 aromatic rings. The number of carbonyl (C=O) groups excluding carboxylic acids is 1. The number of piperidine rings is 1. The number of fused-ring (bicyclic) bond motifs is 1. The summed E-state index contributed by atoms with van der Waals surface area (Å²) in [4.78, 5) is 23.4. The Morgan fingerprint density at radius 1 is 1.18 bits per heavy atom. The van der Waals surface area contributed by atoms with Crippen LogP contribution < -0.4 is 10.6 Å². The van der Waals surface area contributed by atoms with Crippen LogP contribution in [0.3, 0.4) is 0 Å². The van der Waals surface area contributed by atoms with Crippen molar-refractivity contribution in [2.45, 2.75) is 31.7 Å². The number of halogens is 3. The van der Waals surface area contributed by atoms with E-state index in [2.05, 4.69) is 30.7 Å². The van der Waals surface area contributed by atoms with Crippen molar-refractivity contribution < 1.29 is 22.5 Å². The van der Waals surface area contributed by atoms with Gasteiger partial charge in [0, 0.05) is 11.9 Å². The van der Waals surface area contributed by atoms with Crippen LogP contribution in [0.4, 0.5) is 18.9 Å². The molecule has 44 heavy (non-hydrogen) atoms. The Morgan fingerprint density at radius 3 is 2.77 bits per heavy atom. The summed E-state index contributed by atoms with van der Waals surface area (Å²) in [6.45, 7) is 0.272. The van der Waals surface area contributed by atoms with E-state index in [1.807, 2.05) is 43.4 Å². The first-order valence-electron chi connectivity index (χ1n) is 14.1. The van der Waals surface area contributed by atoms with Gasteiger partial charge in [-0.1, -0.05) is 18.2 Å². The molecule has 1 fully saturated rings. The zero-order valence-electron chi connectivity index (χ0n) is 23.8. The van der Waals surface area contributed by atoms with E-state index >= 15 is 0 Å². The Labute approximate surface area is 251 Å². The molecule has 3 aromatic heterocycles. The van der Waals surface area contributed by atoms with Gasteiger partial charge in [-0.2, -0.15) is 0 Å². The van der Waals surface area contributed by atoms with Crippen LogP contribution in [0.2, 0.25) is 0 Å². The Kier molecular flexibility index (Phi) is 8.08. The van der Waals surface area contributed by atoms with Crippen molar-refractivity contribution in [3.05, 3.63) is 78.7 Å². The molecule has 0 aliphatic carbocycles. The third-order valence-electron chi connectivity index (χ3n) is 7.70. The summed E-state index contributed by atoms with van der Waals surface area (Å²) in [5, 5.41) is 10.7. The van der Waals surface area contributed by atoms with Crippen LogP contribution in [-0.4, -0.2) is 80.9 Å². The van der Waals surface area contributed by atoms with Gasteiger partial charge in [-0.05, 0) is 12.1 Å². The van der Waals surface area contributed by atoms with Gasteiger partial charge in [0.2, 0.25) is 0 Å². The molecular weight excluding hydrogens is 572 g/mol. The topological polar surface area (TPSA) is 106 Å². The molecule has 1 amide bonds. The van der Waals surface area contributed by atoms with Gasteiger partial charge in [0.25, 0.3) is 5.91 Å². The number of amides is 1. The van der Waals surface area contributed by atoms with E-state index in [1.54, 1.807) is 34.9 Å². The van der Waals surface area contributed by atoms with Crippen LogP contribution in [0.1, 0.15) is 22.8 Å². The fraction of sp³-hybridized carbons (Fsp3) is 0.300. The molecule has 1 saturated heterocycles. The van der Waals surface area contributed by atoms with Crippen LogP contribution in [0, 0.1) is 5.92 Å². The molecule has 10 nitrogen and oxygen atoms in total. The number of hydrogen-bond acceptors (Lipinski definition) is 7. The summed E-state index contributed by atoms with van der Waals surface area (Å²) in [6.07, 6.45) is -0.557. The van der Waals surface area contributed by atoms with Crippen molar-refractivity contribution in [1.82, 2.24) is 34.5 Å². The second-order valence-corrected chi connectivity index (χ2v) is 10.8. The van der Waals surface area contributed by atoms with Gasteiger partial charge in [-0.3, -0.25) is 4.79 Å². The quantitative estimate of drug-likeness (QED) is 0.246. The molecule has 2 atom stereocenters. The van der Waals surface area contributed by atoms with Crippen molar-refractivity contribution in [2.24, 2.45) is 5.92 Å². The maximum absolute atomic E-state index is 13.8. The Morgan fingerprint density at radius 2 is 2.00 bits per heavy atom. The van der Waals surface area contributed by atoms with E-state index < -0.39 is 18.6 Å². The summed E-state index contributed by atoms with van der Waals surface area (Å²) < 4.78 is 49.4. The molecule has 1 radical (unpaired) electrons. The normalized spacial score (nSPS) is 17.5. The van der Waals surface area contributed by atoms with Gasteiger partial charge >= 0.3 is 172 Å². The maximum atomic E-state index is 13.8. The molecule has 0 saturated carbocycles. The van der Waals surface area contributed by atoms with Crippen LogP contribution in [0.15, 0.2) is 71.6 Å². The van der Waals surface area contributed by atoms with E-state index in [0.717, 1.165) is 29.8 Å². The number of nitrogens with one attached hydrogen (secondary N) is 2. The molecule has 14 heteroatoms. The van der Waals surface area contributed by atoms with Crippen molar-refractivity contribution in [1.29, 1.82) is 0 Å². The molecule has 1 aliphatic heterocycles. The number of imidazole rings is 1. The van der Waals surface area contributed by atoms with Crippen LogP contribution in [0.25, 0.3) is 28.1 Å². The molecule has 0 bridgehead atoms. The van der Waals surface area contributed by atoms with Gasteiger partial charge in [0.1, 0.15) is 12.0 Å². The molecule has 2 N–H and O–H groups in total. The molecule has 0 unspecified atom stereocenters. The van der Waals surface area contributed by atoms with Gasteiger partial charge in [-0.15, -0.1) is 0 Å². The molecule has 2 aromatic carbocycles. The number of benzene rings is 2. The fourth-order valence-electron chi connectivity index (χ4n) is 5.53. The minimum absolute atomic E-state index is 0.0238. The third-order valence-corrected chi connectivity index (χ3v) is 7.70. The average molecular weight is 601 g/mol. The Hall–Kier alpha value is -4.72. The second-order valence-electron chi connectivity index (χ2n) is 10.8. The minimum atomic E-state index is -4.50. The fourth-order valence-corrected chi connectivity index (χ4v) is 5.53. The Balaban J connectivity index is 1.24. The number of rotatable bonds is 9. The predicted molar refractivity (Wildman–Crippen MR) is 161 cm³/mol.